The number of nitrogens with zero attached hydrogens (tertiary/aromatic N) is 1. The molecule has 1 atom stereocenters. The van der Waals surface area contributed by atoms with Gasteiger partial charge in [-0.2, -0.15) is 0 Å². The van der Waals surface area contributed by atoms with Crippen LogP contribution >= 0.6 is 15.9 Å². The lowest BCUT2D eigenvalue weighted by molar-refractivity contribution is -0.126. The van der Waals surface area contributed by atoms with Crippen LogP contribution in [0.25, 0.3) is 0 Å². The van der Waals surface area contributed by atoms with E-state index in [2.05, 4.69) is 21.2 Å². The number of nitrogens with one attached hydrogen (secondary N) is 1. The lowest BCUT2D eigenvalue weighted by Crippen LogP contribution is -2.30. The largest absolute Gasteiger partial charge is 0.325 e. The maximum absolute atomic E-state index is 11.0. The standard InChI is InChI=1S/C5H7BrN2O2/c1-8-4(9)3(2-6)7-5(8)10/h3H,2H2,1H3,(H,7,10). The van der Waals surface area contributed by atoms with Gasteiger partial charge in [-0.15, -0.1) is 0 Å². The van der Waals surface area contributed by atoms with Gasteiger partial charge in [0.15, 0.2) is 0 Å². The second-order valence-electron chi connectivity index (χ2n) is 2.05. The fourth-order valence-corrected chi connectivity index (χ4v) is 1.18. The molecule has 0 aromatic carbocycles. The molecule has 0 bridgehead atoms. The second kappa shape index (κ2) is 2.57. The van der Waals surface area contributed by atoms with Gasteiger partial charge in [0.05, 0.1) is 0 Å². The summed E-state index contributed by atoms with van der Waals surface area (Å²) in [6.45, 7) is 0. The summed E-state index contributed by atoms with van der Waals surface area (Å²) >= 11 is 3.11. The summed E-state index contributed by atoms with van der Waals surface area (Å²) in [7, 11) is 1.46. The summed E-state index contributed by atoms with van der Waals surface area (Å²) in [5, 5.41) is 2.97. The molecule has 1 saturated heterocycles. The van der Waals surface area contributed by atoms with Gasteiger partial charge in [0.1, 0.15) is 6.04 Å². The fraction of sp³-hybridized carbons (Fsp3) is 0.600. The first-order chi connectivity index (χ1) is 4.66. The molecular formula is C5H7BrN2O2. The molecule has 0 radical (unpaired) electrons. The Hall–Kier alpha value is -0.580. The van der Waals surface area contributed by atoms with Crippen molar-refractivity contribution >= 4 is 27.9 Å². The molecule has 0 aromatic heterocycles. The molecule has 1 unspecified atom stereocenters. The summed E-state index contributed by atoms with van der Waals surface area (Å²) in [6.07, 6.45) is 0. The Bertz CT molecular complexity index is 182. The predicted octanol–water partition coefficient (Wildman–Crippen LogP) is -0.0685. The average Bonchev–Trinajstić information content (AvgIpc) is 2.17. The highest BCUT2D eigenvalue weighted by Crippen LogP contribution is 2.04. The Morgan fingerprint density at radius 1 is 1.70 bits per heavy atom. The van der Waals surface area contributed by atoms with E-state index in [-0.39, 0.29) is 18.0 Å². The second-order valence-corrected chi connectivity index (χ2v) is 2.70. The van der Waals surface area contributed by atoms with Crippen LogP contribution in [0.1, 0.15) is 0 Å². The lowest BCUT2D eigenvalue weighted by Gasteiger charge is -2.01. The van der Waals surface area contributed by atoms with E-state index < -0.39 is 0 Å². The summed E-state index contributed by atoms with van der Waals surface area (Å²) in [5.74, 6) is -0.179. The van der Waals surface area contributed by atoms with Crippen LogP contribution in [0.5, 0.6) is 0 Å². The molecule has 1 rings (SSSR count). The van der Waals surface area contributed by atoms with Crippen LogP contribution in [0, 0.1) is 0 Å². The molecule has 56 valence electrons. The number of carbonyl (C=O) groups excluding carboxylic acids is 2. The highest BCUT2D eigenvalue weighted by molar-refractivity contribution is 9.09. The minimum atomic E-state index is -0.377. The topological polar surface area (TPSA) is 49.4 Å². The van der Waals surface area contributed by atoms with Crippen molar-refractivity contribution in [2.45, 2.75) is 6.04 Å². The average molecular weight is 207 g/mol. The molecule has 10 heavy (non-hydrogen) atoms. The van der Waals surface area contributed by atoms with E-state index in [4.69, 9.17) is 0 Å². The van der Waals surface area contributed by atoms with Crippen LogP contribution in [-0.2, 0) is 4.79 Å². The highest BCUT2D eigenvalue weighted by atomic mass is 79.9. The molecular weight excluding hydrogens is 200 g/mol. The third-order valence-electron chi connectivity index (χ3n) is 1.39. The Morgan fingerprint density at radius 2 is 2.30 bits per heavy atom. The maximum atomic E-state index is 11.0. The third-order valence-corrected chi connectivity index (χ3v) is 2.03. The van der Waals surface area contributed by atoms with Crippen molar-refractivity contribution in [1.29, 1.82) is 0 Å². The molecule has 3 amide bonds. The van der Waals surface area contributed by atoms with Crippen molar-refractivity contribution in [3.05, 3.63) is 0 Å². The molecule has 0 aromatic rings. The van der Waals surface area contributed by atoms with E-state index in [1.807, 2.05) is 0 Å². The number of amides is 3. The molecule has 0 aliphatic carbocycles. The number of hydrogen-bond donors (Lipinski definition) is 1. The molecule has 0 spiro atoms. The number of alkyl halides is 1. The van der Waals surface area contributed by atoms with Crippen LogP contribution < -0.4 is 5.32 Å². The minimum Gasteiger partial charge on any atom is -0.325 e. The number of imide groups is 1. The van der Waals surface area contributed by atoms with Crippen LogP contribution in [0.2, 0.25) is 0 Å². The zero-order valence-corrected chi connectivity index (χ0v) is 7.01. The molecule has 0 saturated carbocycles. The van der Waals surface area contributed by atoms with Crippen LogP contribution in [-0.4, -0.2) is 35.3 Å². The number of hydrogen-bond acceptors (Lipinski definition) is 2. The van der Waals surface area contributed by atoms with Gasteiger partial charge in [0, 0.05) is 12.4 Å². The van der Waals surface area contributed by atoms with Gasteiger partial charge in [0.2, 0.25) is 0 Å². The van der Waals surface area contributed by atoms with E-state index in [1.54, 1.807) is 0 Å². The van der Waals surface area contributed by atoms with Crippen molar-refractivity contribution in [2.75, 3.05) is 12.4 Å². The molecule has 1 aliphatic heterocycles. The number of rotatable bonds is 1. The van der Waals surface area contributed by atoms with Gasteiger partial charge in [-0.1, -0.05) is 15.9 Å². The first-order valence-corrected chi connectivity index (χ1v) is 3.93. The van der Waals surface area contributed by atoms with E-state index in [9.17, 15) is 9.59 Å². The predicted molar refractivity (Wildman–Crippen MR) is 38.9 cm³/mol. The quantitative estimate of drug-likeness (QED) is 0.483. The van der Waals surface area contributed by atoms with E-state index in [1.165, 1.54) is 7.05 Å². The number of urea groups is 1. The van der Waals surface area contributed by atoms with E-state index in [0.29, 0.717) is 5.33 Å². The Kier molecular flexibility index (Phi) is 1.94. The zero-order chi connectivity index (χ0) is 7.72. The van der Waals surface area contributed by atoms with Crippen molar-refractivity contribution in [2.24, 2.45) is 0 Å². The van der Waals surface area contributed by atoms with Gasteiger partial charge in [-0.25, -0.2) is 4.79 Å². The Balaban J connectivity index is 2.71. The zero-order valence-electron chi connectivity index (χ0n) is 5.43. The number of carbonyl (C=O) groups is 2. The normalized spacial score (nSPS) is 25.4. The van der Waals surface area contributed by atoms with Crippen molar-refractivity contribution < 1.29 is 9.59 Å². The summed E-state index contributed by atoms with van der Waals surface area (Å²) in [6, 6.07) is -0.702. The SMILES string of the molecule is CN1C(=O)NC(CBr)C1=O. The van der Waals surface area contributed by atoms with E-state index in [0.717, 1.165) is 4.90 Å². The molecule has 5 heteroatoms. The van der Waals surface area contributed by atoms with Gasteiger partial charge < -0.3 is 5.32 Å². The van der Waals surface area contributed by atoms with E-state index >= 15 is 0 Å². The Morgan fingerprint density at radius 3 is 2.50 bits per heavy atom. The van der Waals surface area contributed by atoms with Gasteiger partial charge in [-0.3, -0.25) is 9.69 Å². The molecule has 1 aliphatic rings. The third kappa shape index (κ3) is 1.01. The van der Waals surface area contributed by atoms with Crippen molar-refractivity contribution in [3.63, 3.8) is 0 Å². The van der Waals surface area contributed by atoms with Gasteiger partial charge in [-0.05, 0) is 0 Å². The molecule has 1 fully saturated rings. The summed E-state index contributed by atoms with van der Waals surface area (Å²) in [5.41, 5.74) is 0. The van der Waals surface area contributed by atoms with Gasteiger partial charge in [0.25, 0.3) is 5.91 Å². The number of halogens is 1. The van der Waals surface area contributed by atoms with Gasteiger partial charge >= 0.3 is 6.03 Å². The molecule has 1 N–H and O–H groups in total. The monoisotopic (exact) mass is 206 g/mol. The van der Waals surface area contributed by atoms with Crippen LogP contribution in [0.3, 0.4) is 0 Å². The van der Waals surface area contributed by atoms with Crippen LogP contribution in [0.15, 0.2) is 0 Å². The minimum absolute atomic E-state index is 0.179. The van der Waals surface area contributed by atoms with Crippen LogP contribution in [0.4, 0.5) is 4.79 Å². The van der Waals surface area contributed by atoms with Crippen molar-refractivity contribution in [3.8, 4) is 0 Å². The molecule has 4 nitrogen and oxygen atoms in total. The first kappa shape index (κ1) is 7.53. The lowest BCUT2D eigenvalue weighted by atomic mass is 10.3. The smallest absolute Gasteiger partial charge is 0.324 e. The Labute approximate surface area is 66.7 Å². The number of likely N-dealkylation sites (N-methyl/N-ethyl adjacent to an activating group) is 1. The summed E-state index contributed by atoms with van der Waals surface area (Å²) < 4.78 is 0. The molecule has 1 heterocycles. The summed E-state index contributed by atoms with van der Waals surface area (Å²) in [4.78, 5) is 22.8. The maximum Gasteiger partial charge on any atom is 0.324 e. The fourth-order valence-electron chi connectivity index (χ4n) is 0.746. The first-order valence-electron chi connectivity index (χ1n) is 2.81. The highest BCUT2D eigenvalue weighted by Gasteiger charge is 2.33. The van der Waals surface area contributed by atoms with Crippen molar-refractivity contribution in [1.82, 2.24) is 10.2 Å².